The van der Waals surface area contributed by atoms with Crippen LogP contribution >= 0.6 is 29.8 Å². The van der Waals surface area contributed by atoms with Crippen LogP contribution in [-0.4, -0.2) is 29.6 Å². The van der Waals surface area contributed by atoms with E-state index in [2.05, 4.69) is 25.8 Å². The number of rotatable bonds is 9. The highest BCUT2D eigenvalue weighted by Gasteiger charge is 2.18. The Morgan fingerprint density at radius 1 is 1.56 bits per heavy atom. The third-order valence-corrected chi connectivity index (χ3v) is 4.72. The van der Waals surface area contributed by atoms with E-state index >= 15 is 0 Å². The number of nitrogens with zero attached hydrogens (tertiary/aromatic N) is 1. The molecule has 0 N–H and O–H groups in total. The van der Waals surface area contributed by atoms with Gasteiger partial charge in [0.05, 0.1) is 0 Å². The number of hydrogen-bond acceptors (Lipinski definition) is 3. The number of carbonyl (C=O) groups excluding carboxylic acids is 1. The molecule has 0 aliphatic carbocycles. The van der Waals surface area contributed by atoms with Crippen molar-refractivity contribution in [2.75, 3.05) is 18.8 Å². The highest BCUT2D eigenvalue weighted by Crippen LogP contribution is 2.41. The summed E-state index contributed by atoms with van der Waals surface area (Å²) in [5.41, 5.74) is 0. The van der Waals surface area contributed by atoms with Gasteiger partial charge in [-0.25, -0.2) is 0 Å². The van der Waals surface area contributed by atoms with E-state index in [1.165, 1.54) is 0 Å². The van der Waals surface area contributed by atoms with Crippen LogP contribution in [0, 0.1) is 0 Å². The molecule has 6 heteroatoms. The first-order valence-electron chi connectivity index (χ1n) is 5.29. The monoisotopic (exact) mass is 280 g/mol. The molecule has 16 heavy (non-hydrogen) atoms. The molecule has 0 radical (unpaired) electrons. The molecule has 92 valence electrons. The molecule has 0 aliphatic heterocycles. The van der Waals surface area contributed by atoms with Gasteiger partial charge in [-0.2, -0.15) is 0 Å². The summed E-state index contributed by atoms with van der Waals surface area (Å²) in [5, 5.41) is 0. The highest BCUT2D eigenvalue weighted by atomic mass is 33.1. The van der Waals surface area contributed by atoms with Gasteiger partial charge in [0.2, 0.25) is 5.91 Å². The Kier molecular flexibility index (Phi) is 10.2. The summed E-state index contributed by atoms with van der Waals surface area (Å²) in [5.74, 6) is 0.247. The van der Waals surface area contributed by atoms with E-state index in [-0.39, 0.29) is 11.7 Å². The summed E-state index contributed by atoms with van der Waals surface area (Å²) in [4.78, 5) is 13.5. The van der Waals surface area contributed by atoms with Gasteiger partial charge >= 0.3 is 6.20 Å². The molecule has 0 heterocycles. The summed E-state index contributed by atoms with van der Waals surface area (Å²) < 4.78 is 10.8. The Labute approximate surface area is 108 Å². The predicted octanol–water partition coefficient (Wildman–Crippen LogP) is 3.51. The van der Waals surface area contributed by atoms with Gasteiger partial charge in [-0.05, 0) is 11.0 Å². The standard InChI is InChI=1S/C10H18NO2PS2/c1-3-5-6-8-11(7-4-2)10(12)9-16-14(13)15/h4H,2-3,5-9H2,1H3/p+1. The van der Waals surface area contributed by atoms with Crippen molar-refractivity contribution in [1.82, 2.24) is 4.90 Å². The fourth-order valence-electron chi connectivity index (χ4n) is 1.23. The smallest absolute Gasteiger partial charge is 0.338 e. The van der Waals surface area contributed by atoms with Gasteiger partial charge < -0.3 is 4.90 Å². The first-order valence-corrected chi connectivity index (χ1v) is 9.29. The summed E-state index contributed by atoms with van der Waals surface area (Å²) >= 11 is 4.84. The van der Waals surface area contributed by atoms with E-state index in [1.807, 2.05) is 0 Å². The molecule has 1 amide bonds. The Bertz CT molecular complexity index is 249. The van der Waals surface area contributed by atoms with Crippen LogP contribution in [0.2, 0.25) is 0 Å². The molecule has 0 spiro atoms. The van der Waals surface area contributed by atoms with Crippen molar-refractivity contribution in [2.45, 2.75) is 26.2 Å². The lowest BCUT2D eigenvalue weighted by molar-refractivity contribution is -0.127. The summed E-state index contributed by atoms with van der Waals surface area (Å²) in [7, 11) is 0. The molecule has 1 unspecified atom stereocenters. The highest BCUT2D eigenvalue weighted by molar-refractivity contribution is 8.79. The average Bonchev–Trinajstić information content (AvgIpc) is 2.25. The third kappa shape index (κ3) is 8.20. The van der Waals surface area contributed by atoms with Crippen LogP contribution in [0.3, 0.4) is 0 Å². The van der Waals surface area contributed by atoms with Gasteiger partial charge in [0.15, 0.2) is 0 Å². The number of amides is 1. The molecule has 1 atom stereocenters. The third-order valence-electron chi connectivity index (χ3n) is 2.03. The van der Waals surface area contributed by atoms with Gasteiger partial charge in [0, 0.05) is 13.1 Å². The lowest BCUT2D eigenvalue weighted by Crippen LogP contribution is -2.33. The second-order valence-corrected chi connectivity index (χ2v) is 8.04. The van der Waals surface area contributed by atoms with Gasteiger partial charge in [-0.3, -0.25) is 4.79 Å². The van der Waals surface area contributed by atoms with E-state index in [0.29, 0.717) is 6.54 Å². The van der Waals surface area contributed by atoms with Crippen molar-refractivity contribution in [3.05, 3.63) is 12.7 Å². The maximum absolute atomic E-state index is 11.7. The summed E-state index contributed by atoms with van der Waals surface area (Å²) in [6, 6.07) is 0. The van der Waals surface area contributed by atoms with E-state index in [4.69, 9.17) is 0 Å². The number of hydrogen-bond donors (Lipinski definition) is 1. The molecule has 0 bridgehead atoms. The normalized spacial score (nSPS) is 11.0. The number of carbonyl (C=O) groups is 1. The molecule has 0 aromatic heterocycles. The van der Waals surface area contributed by atoms with Crippen molar-refractivity contribution in [3.8, 4) is 0 Å². The zero-order valence-corrected chi connectivity index (χ0v) is 12.2. The SMILES string of the molecule is C=CCN(CCCCC)C(=O)CS[P+](=O)S. The van der Waals surface area contributed by atoms with Crippen LogP contribution < -0.4 is 0 Å². The van der Waals surface area contributed by atoms with Gasteiger partial charge in [-0.15, -0.1) is 6.58 Å². The Balaban J connectivity index is 4.01. The number of unbranched alkanes of at least 4 members (excludes halogenated alkanes) is 2. The minimum absolute atomic E-state index is 0.0124. The molecule has 0 saturated heterocycles. The Morgan fingerprint density at radius 3 is 2.75 bits per heavy atom. The fourth-order valence-corrected chi connectivity index (χ4v) is 2.81. The number of thiol groups is 1. The maximum atomic E-state index is 11.7. The summed E-state index contributed by atoms with van der Waals surface area (Å²) in [6.45, 7) is 7.07. The van der Waals surface area contributed by atoms with Crippen LogP contribution in [0.25, 0.3) is 0 Å². The average molecular weight is 280 g/mol. The van der Waals surface area contributed by atoms with Gasteiger partial charge in [0.25, 0.3) is 0 Å². The Hall–Kier alpha value is 0.01000. The first kappa shape index (κ1) is 16.0. The van der Waals surface area contributed by atoms with Crippen molar-refractivity contribution >= 4 is 35.7 Å². The van der Waals surface area contributed by atoms with E-state index < -0.39 is 6.20 Å². The van der Waals surface area contributed by atoms with Crippen molar-refractivity contribution < 1.29 is 9.36 Å². The Morgan fingerprint density at radius 2 is 2.25 bits per heavy atom. The van der Waals surface area contributed by atoms with Crippen LogP contribution in [0.4, 0.5) is 0 Å². The van der Waals surface area contributed by atoms with Crippen LogP contribution in [0.1, 0.15) is 26.2 Å². The van der Waals surface area contributed by atoms with Crippen molar-refractivity contribution in [1.29, 1.82) is 0 Å². The largest absolute Gasteiger partial charge is 0.480 e. The lowest BCUT2D eigenvalue weighted by Gasteiger charge is -2.19. The maximum Gasteiger partial charge on any atom is 0.480 e. The van der Waals surface area contributed by atoms with E-state index in [9.17, 15) is 9.36 Å². The quantitative estimate of drug-likeness (QED) is 0.304. The molecule has 3 nitrogen and oxygen atoms in total. The zero-order chi connectivity index (χ0) is 12.4. The van der Waals surface area contributed by atoms with Gasteiger partial charge in [-0.1, -0.05) is 25.8 Å². The molecule has 0 aliphatic rings. The molecule has 0 aromatic carbocycles. The van der Waals surface area contributed by atoms with Crippen LogP contribution in [0.15, 0.2) is 12.7 Å². The molecule has 0 aromatic rings. The molecular weight excluding hydrogens is 261 g/mol. The van der Waals surface area contributed by atoms with Gasteiger partial charge in [0.1, 0.15) is 29.4 Å². The predicted molar refractivity (Wildman–Crippen MR) is 75.4 cm³/mol. The second kappa shape index (κ2) is 10.2. The van der Waals surface area contributed by atoms with Crippen LogP contribution in [-0.2, 0) is 9.36 Å². The minimum Gasteiger partial charge on any atom is -0.338 e. The lowest BCUT2D eigenvalue weighted by atomic mass is 10.2. The van der Waals surface area contributed by atoms with Crippen molar-refractivity contribution in [3.63, 3.8) is 0 Å². The van der Waals surface area contributed by atoms with E-state index in [1.54, 1.807) is 11.0 Å². The second-order valence-electron chi connectivity index (χ2n) is 3.35. The molecular formula is C10H19NO2PS2+. The molecule has 0 fully saturated rings. The zero-order valence-electron chi connectivity index (χ0n) is 9.59. The van der Waals surface area contributed by atoms with Crippen molar-refractivity contribution in [2.24, 2.45) is 0 Å². The van der Waals surface area contributed by atoms with Crippen LogP contribution in [0.5, 0.6) is 0 Å². The fraction of sp³-hybridized carbons (Fsp3) is 0.700. The topological polar surface area (TPSA) is 37.4 Å². The first-order chi connectivity index (χ1) is 7.61. The molecule has 0 saturated carbocycles. The summed E-state index contributed by atoms with van der Waals surface area (Å²) in [6.07, 6.45) is 3.38. The minimum atomic E-state index is -1.60. The molecule has 0 rings (SSSR count). The van der Waals surface area contributed by atoms with E-state index in [0.717, 1.165) is 37.2 Å².